The number of fused-ring (bicyclic) bond motifs is 1. The number of amides is 1. The number of carbonyl (C=O) groups is 1. The summed E-state index contributed by atoms with van der Waals surface area (Å²) in [4.78, 5) is 35.0. The zero-order chi connectivity index (χ0) is 41.9. The van der Waals surface area contributed by atoms with Gasteiger partial charge in [-0.25, -0.2) is 18.1 Å². The lowest BCUT2D eigenvalue weighted by molar-refractivity contribution is -0.384. The highest BCUT2D eigenvalue weighted by Crippen LogP contribution is 2.45. The Morgan fingerprint density at radius 3 is 2.49 bits per heavy atom. The Bertz CT molecular complexity index is 2670. The molecule has 1 atom stereocenters. The normalized spacial score (nSPS) is 17.3. The van der Waals surface area contributed by atoms with Gasteiger partial charge in [-0.3, -0.25) is 19.8 Å². The molecule has 314 valence electrons. The fourth-order valence-corrected chi connectivity index (χ4v) is 9.65. The molecule has 61 heavy (non-hydrogen) atoms. The largest absolute Gasteiger partial charge is 0.455 e. The number of nitrogens with zero attached hydrogens (tertiary/aromatic N) is 3. The zero-order valence-electron chi connectivity index (χ0n) is 33.7. The number of aromatic amines is 1. The third-order valence-corrected chi connectivity index (χ3v) is 13.5. The van der Waals surface area contributed by atoms with E-state index >= 15 is 0 Å². The monoisotopic (exact) mass is 840 g/mol. The lowest BCUT2D eigenvalue weighted by Crippen LogP contribution is -2.31. The molecule has 14 heteroatoms. The van der Waals surface area contributed by atoms with Crippen LogP contribution in [0.25, 0.3) is 22.2 Å². The molecule has 3 aliphatic rings. The Morgan fingerprint density at radius 2 is 1.70 bits per heavy atom. The van der Waals surface area contributed by atoms with Crippen molar-refractivity contribution in [2.75, 3.05) is 38.2 Å². The van der Waals surface area contributed by atoms with E-state index in [1.54, 1.807) is 24.4 Å². The van der Waals surface area contributed by atoms with Gasteiger partial charge in [0.05, 0.1) is 21.6 Å². The Morgan fingerprint density at radius 1 is 0.918 bits per heavy atom. The predicted molar refractivity (Wildman–Crippen MR) is 233 cm³/mol. The number of ether oxygens (including phenoxy) is 2. The number of carbonyl (C=O) groups excluding carboxylic acids is 1. The van der Waals surface area contributed by atoms with Crippen molar-refractivity contribution in [3.63, 3.8) is 0 Å². The zero-order valence-corrected chi connectivity index (χ0v) is 34.5. The van der Waals surface area contributed by atoms with E-state index in [1.807, 2.05) is 18.2 Å². The third kappa shape index (κ3) is 9.16. The molecule has 13 nitrogen and oxygen atoms in total. The maximum atomic E-state index is 13.9. The van der Waals surface area contributed by atoms with Gasteiger partial charge in [-0.1, -0.05) is 54.6 Å². The minimum absolute atomic E-state index is 0.0502. The topological polar surface area (TPSA) is 169 Å². The number of benzene rings is 4. The number of aromatic nitrogens is 2. The number of hydrogen-bond donors (Lipinski definition) is 3. The van der Waals surface area contributed by atoms with Gasteiger partial charge < -0.3 is 19.8 Å². The molecule has 0 unspecified atom stereocenters. The second-order valence-electron chi connectivity index (χ2n) is 16.3. The maximum Gasteiger partial charge on any atom is 0.293 e. The van der Waals surface area contributed by atoms with Crippen LogP contribution in [0.3, 0.4) is 0 Å². The summed E-state index contributed by atoms with van der Waals surface area (Å²) >= 11 is 0. The van der Waals surface area contributed by atoms with Gasteiger partial charge in [0.25, 0.3) is 21.6 Å². The van der Waals surface area contributed by atoms with Crippen LogP contribution in [-0.4, -0.2) is 67.0 Å². The molecule has 1 saturated carbocycles. The lowest BCUT2D eigenvalue weighted by Gasteiger charge is -2.27. The number of rotatable bonds is 15. The quantitative estimate of drug-likeness (QED) is 0.0670. The van der Waals surface area contributed by atoms with Crippen LogP contribution in [0.5, 0.6) is 11.5 Å². The summed E-state index contributed by atoms with van der Waals surface area (Å²) in [6.45, 7) is 3.81. The van der Waals surface area contributed by atoms with Gasteiger partial charge in [-0.2, -0.15) is 0 Å². The summed E-state index contributed by atoms with van der Waals surface area (Å²) in [6.07, 6.45) is 10.8. The molecular weight excluding hydrogens is 793 g/mol. The summed E-state index contributed by atoms with van der Waals surface area (Å²) in [5, 5.41) is 15.9. The number of pyridine rings is 1. The Kier molecular flexibility index (Phi) is 11.6. The molecule has 2 saturated heterocycles. The van der Waals surface area contributed by atoms with E-state index in [9.17, 15) is 23.3 Å². The minimum Gasteiger partial charge on any atom is -0.455 e. The first-order valence-electron chi connectivity index (χ1n) is 21.0. The molecule has 3 fully saturated rings. The molecular formula is C47H48N6O7S. The van der Waals surface area contributed by atoms with E-state index in [0.717, 1.165) is 60.8 Å². The van der Waals surface area contributed by atoms with Gasteiger partial charge in [0.15, 0.2) is 0 Å². The fourth-order valence-electron chi connectivity index (χ4n) is 8.66. The van der Waals surface area contributed by atoms with Crippen molar-refractivity contribution in [3.05, 3.63) is 142 Å². The number of nitrogens with one attached hydrogen (secondary N) is 3. The van der Waals surface area contributed by atoms with E-state index in [0.29, 0.717) is 37.2 Å². The molecule has 1 aliphatic carbocycles. The Labute approximate surface area is 354 Å². The van der Waals surface area contributed by atoms with Crippen molar-refractivity contribution >= 4 is 38.3 Å². The summed E-state index contributed by atoms with van der Waals surface area (Å²) < 4.78 is 41.1. The van der Waals surface area contributed by atoms with Crippen LogP contribution in [0.2, 0.25) is 0 Å². The molecule has 1 amide bonds. The average molecular weight is 841 g/mol. The fraction of sp³-hybridized carbons (Fsp3) is 0.319. The smallest absolute Gasteiger partial charge is 0.293 e. The van der Waals surface area contributed by atoms with Crippen LogP contribution < -0.4 is 14.8 Å². The van der Waals surface area contributed by atoms with Gasteiger partial charge in [0.2, 0.25) is 0 Å². The highest BCUT2D eigenvalue weighted by Gasteiger charge is 2.32. The molecule has 0 spiro atoms. The first kappa shape index (κ1) is 40.3. The van der Waals surface area contributed by atoms with Gasteiger partial charge >= 0.3 is 0 Å². The number of nitro groups is 1. The first-order chi connectivity index (χ1) is 29.7. The number of H-pyrrole nitrogens is 1. The van der Waals surface area contributed by atoms with E-state index < -0.39 is 31.4 Å². The highest BCUT2D eigenvalue weighted by atomic mass is 32.2. The number of hydrogen-bond acceptors (Lipinski definition) is 10. The van der Waals surface area contributed by atoms with Crippen LogP contribution in [0.4, 0.5) is 11.4 Å². The van der Waals surface area contributed by atoms with Crippen LogP contribution in [0.15, 0.2) is 114 Å². The molecule has 2 aliphatic heterocycles. The highest BCUT2D eigenvalue weighted by molar-refractivity contribution is 7.90. The van der Waals surface area contributed by atoms with Gasteiger partial charge in [-0.05, 0) is 128 Å². The minimum atomic E-state index is -4.55. The molecule has 4 heterocycles. The summed E-state index contributed by atoms with van der Waals surface area (Å²) in [7, 11) is -4.55. The predicted octanol–water partition coefficient (Wildman–Crippen LogP) is 9.14. The average Bonchev–Trinajstić information content (AvgIpc) is 3.83. The Balaban J connectivity index is 0.930. The molecule has 4 aromatic carbocycles. The van der Waals surface area contributed by atoms with Gasteiger partial charge in [0, 0.05) is 50.0 Å². The number of sulfonamides is 1. The first-order valence-corrected chi connectivity index (χ1v) is 22.5. The summed E-state index contributed by atoms with van der Waals surface area (Å²) in [5.41, 5.74) is 6.29. The van der Waals surface area contributed by atoms with Gasteiger partial charge in [-0.15, -0.1) is 0 Å². The SMILES string of the molecule is O=C(NS(=O)(=O)c1ccc(NCC2CCOCC2)c([N+](=O)[O-])c1)c1ccc(-c2ccc(CCN3CCC[C@H]3c3ccccc3C3CC3)cc2)cc1Oc1cnc2[nH]ccc2c1. The number of nitro benzene ring substituents is 1. The van der Waals surface area contributed by atoms with Crippen molar-refractivity contribution in [2.24, 2.45) is 5.92 Å². The van der Waals surface area contributed by atoms with Crippen LogP contribution in [0.1, 0.15) is 77.5 Å². The van der Waals surface area contributed by atoms with E-state index in [2.05, 4.69) is 61.3 Å². The van der Waals surface area contributed by atoms with E-state index in [4.69, 9.17) is 9.47 Å². The van der Waals surface area contributed by atoms with Crippen LogP contribution in [0, 0.1) is 16.0 Å². The maximum absolute atomic E-state index is 13.9. The van der Waals surface area contributed by atoms with Crippen molar-refractivity contribution in [2.45, 2.75) is 61.8 Å². The van der Waals surface area contributed by atoms with Gasteiger partial charge in [0.1, 0.15) is 22.8 Å². The number of anilines is 1. The molecule has 3 N–H and O–H groups in total. The molecule has 2 aromatic heterocycles. The summed E-state index contributed by atoms with van der Waals surface area (Å²) in [6, 6.07) is 29.9. The Hall–Kier alpha value is -6.09. The summed E-state index contributed by atoms with van der Waals surface area (Å²) in [5.74, 6) is 0.485. The van der Waals surface area contributed by atoms with Crippen LogP contribution >= 0.6 is 0 Å². The molecule has 0 radical (unpaired) electrons. The van der Waals surface area contributed by atoms with Crippen molar-refractivity contribution in [1.82, 2.24) is 19.6 Å². The van der Waals surface area contributed by atoms with Crippen LogP contribution in [-0.2, 0) is 21.2 Å². The van der Waals surface area contributed by atoms with Crippen molar-refractivity contribution in [1.29, 1.82) is 0 Å². The lowest BCUT2D eigenvalue weighted by atomic mass is 9.95. The van der Waals surface area contributed by atoms with E-state index in [-0.39, 0.29) is 22.9 Å². The molecule has 9 rings (SSSR count). The molecule has 0 bridgehead atoms. The van der Waals surface area contributed by atoms with Crippen molar-refractivity contribution < 1.29 is 27.6 Å². The second-order valence-corrected chi connectivity index (χ2v) is 17.9. The third-order valence-electron chi connectivity index (χ3n) is 12.2. The standard InChI is InChI=1S/C47H48N6O7S/c54-47(51-61(57,58)38-14-16-42(44(28-38)53(55)56)49-29-32-19-24-59-25-20-32)41-15-13-35(27-45(41)60-37-26-36-17-21-48-46(36)50-30-37)33-9-7-31(8-10-33)18-23-52-22-3-6-43(52)40-5-2-1-4-39(40)34-11-12-34/h1-2,4-5,7-10,13-17,21,26-28,30,32,34,43,49H,3,6,11-12,18-20,22-25,29H2,(H,48,50)(H,51,54)/t43-/m0/s1. The van der Waals surface area contributed by atoms with E-state index in [1.165, 1.54) is 66.8 Å². The second kappa shape index (κ2) is 17.5. The van der Waals surface area contributed by atoms with Crippen molar-refractivity contribution in [3.8, 4) is 22.6 Å². The number of likely N-dealkylation sites (tertiary alicyclic amines) is 1. The molecule has 6 aromatic rings.